The molecule has 1 aliphatic heterocycles. The van der Waals surface area contributed by atoms with Crippen molar-refractivity contribution in [1.29, 1.82) is 0 Å². The lowest BCUT2D eigenvalue weighted by molar-refractivity contribution is 0.171. The third-order valence-corrected chi connectivity index (χ3v) is 4.07. The Bertz CT molecular complexity index is 488. The molecule has 0 saturated heterocycles. The van der Waals surface area contributed by atoms with E-state index in [4.69, 9.17) is 19.9 Å². The van der Waals surface area contributed by atoms with Crippen LogP contribution in [0.5, 0.6) is 17.2 Å². The Hall–Kier alpha value is -1.46. The van der Waals surface area contributed by atoms with E-state index >= 15 is 0 Å². The Balaban J connectivity index is 1.95. The van der Waals surface area contributed by atoms with Gasteiger partial charge in [-0.25, -0.2) is 0 Å². The summed E-state index contributed by atoms with van der Waals surface area (Å²) in [5, 5.41) is 0. The standard InChI is InChI=1S/C15H22N2O3/c1-3-17(11-4-5-11)12(8-16)10-6-13(18-2)15-14(7-10)19-9-20-15/h6-7,11-12H,3-5,8-9,16H2,1-2H3. The van der Waals surface area contributed by atoms with E-state index < -0.39 is 0 Å². The highest BCUT2D eigenvalue weighted by molar-refractivity contribution is 5.55. The van der Waals surface area contributed by atoms with Crippen LogP contribution in [0.1, 0.15) is 31.4 Å². The van der Waals surface area contributed by atoms with Gasteiger partial charge in [0, 0.05) is 18.6 Å². The molecule has 3 rings (SSSR count). The second-order valence-electron chi connectivity index (χ2n) is 5.27. The summed E-state index contributed by atoms with van der Waals surface area (Å²) in [7, 11) is 1.65. The van der Waals surface area contributed by atoms with E-state index in [9.17, 15) is 0 Å². The minimum atomic E-state index is 0.205. The summed E-state index contributed by atoms with van der Waals surface area (Å²) >= 11 is 0. The van der Waals surface area contributed by atoms with Crippen molar-refractivity contribution in [2.75, 3.05) is 27.0 Å². The van der Waals surface area contributed by atoms with Crippen LogP contribution >= 0.6 is 0 Å². The Labute approximate surface area is 119 Å². The number of methoxy groups -OCH3 is 1. The molecule has 0 spiro atoms. The van der Waals surface area contributed by atoms with Crippen molar-refractivity contribution in [2.45, 2.75) is 31.8 Å². The van der Waals surface area contributed by atoms with Crippen LogP contribution in [0.3, 0.4) is 0 Å². The Morgan fingerprint density at radius 2 is 2.20 bits per heavy atom. The summed E-state index contributed by atoms with van der Waals surface area (Å²) in [6.45, 7) is 4.03. The van der Waals surface area contributed by atoms with Crippen LogP contribution in [0, 0.1) is 0 Å². The zero-order valence-corrected chi connectivity index (χ0v) is 12.1. The van der Waals surface area contributed by atoms with Gasteiger partial charge in [0.1, 0.15) is 0 Å². The molecule has 1 unspecified atom stereocenters. The van der Waals surface area contributed by atoms with E-state index in [-0.39, 0.29) is 12.8 Å². The molecule has 0 aromatic heterocycles. The second-order valence-corrected chi connectivity index (χ2v) is 5.27. The first-order chi connectivity index (χ1) is 9.78. The largest absolute Gasteiger partial charge is 0.493 e. The van der Waals surface area contributed by atoms with Gasteiger partial charge in [-0.1, -0.05) is 6.92 Å². The van der Waals surface area contributed by atoms with E-state index in [0.29, 0.717) is 18.3 Å². The molecule has 1 aliphatic carbocycles. The number of nitrogens with zero attached hydrogens (tertiary/aromatic N) is 1. The van der Waals surface area contributed by atoms with Crippen LogP contribution in [0.2, 0.25) is 0 Å². The lowest BCUT2D eigenvalue weighted by Crippen LogP contribution is -2.35. The number of likely N-dealkylation sites (N-methyl/N-ethyl adjacent to an activating group) is 1. The topological polar surface area (TPSA) is 57.0 Å². The van der Waals surface area contributed by atoms with Crippen LogP contribution in [-0.4, -0.2) is 37.9 Å². The maximum Gasteiger partial charge on any atom is 0.231 e. The highest BCUT2D eigenvalue weighted by Gasteiger charge is 2.34. The molecule has 1 aromatic rings. The molecule has 20 heavy (non-hydrogen) atoms. The van der Waals surface area contributed by atoms with Crippen molar-refractivity contribution in [2.24, 2.45) is 5.73 Å². The Kier molecular flexibility index (Phi) is 3.72. The lowest BCUT2D eigenvalue weighted by Gasteiger charge is -2.30. The number of fused-ring (bicyclic) bond motifs is 1. The molecule has 1 fully saturated rings. The van der Waals surface area contributed by atoms with E-state index in [2.05, 4.69) is 11.8 Å². The van der Waals surface area contributed by atoms with Gasteiger partial charge in [0.25, 0.3) is 0 Å². The van der Waals surface area contributed by atoms with E-state index in [1.54, 1.807) is 7.11 Å². The van der Waals surface area contributed by atoms with Gasteiger partial charge in [0.15, 0.2) is 11.5 Å². The van der Waals surface area contributed by atoms with Crippen molar-refractivity contribution < 1.29 is 14.2 Å². The number of benzene rings is 1. The van der Waals surface area contributed by atoms with E-state index in [1.807, 2.05) is 12.1 Å². The van der Waals surface area contributed by atoms with Crippen LogP contribution in [0.25, 0.3) is 0 Å². The zero-order chi connectivity index (χ0) is 14.1. The number of hydrogen-bond acceptors (Lipinski definition) is 5. The third kappa shape index (κ3) is 2.31. The van der Waals surface area contributed by atoms with Gasteiger partial charge in [-0.05, 0) is 37.1 Å². The third-order valence-electron chi connectivity index (χ3n) is 4.07. The summed E-state index contributed by atoms with van der Waals surface area (Å²) in [6, 6.07) is 4.93. The maximum atomic E-state index is 6.03. The second kappa shape index (κ2) is 5.50. The first kappa shape index (κ1) is 13.5. The van der Waals surface area contributed by atoms with Crippen molar-refractivity contribution in [3.05, 3.63) is 17.7 Å². The first-order valence-electron chi connectivity index (χ1n) is 7.21. The van der Waals surface area contributed by atoms with E-state index in [0.717, 1.165) is 23.6 Å². The SMILES string of the molecule is CCN(C1CC1)C(CN)c1cc(OC)c2c(c1)OCO2. The zero-order valence-electron chi connectivity index (χ0n) is 12.1. The minimum absolute atomic E-state index is 0.205. The summed E-state index contributed by atoms with van der Waals surface area (Å²) in [5.41, 5.74) is 7.17. The molecule has 0 amide bonds. The van der Waals surface area contributed by atoms with Gasteiger partial charge < -0.3 is 19.9 Å². The molecule has 2 aliphatic rings. The molecular formula is C15H22N2O3. The quantitative estimate of drug-likeness (QED) is 0.861. The van der Waals surface area contributed by atoms with Gasteiger partial charge in [-0.2, -0.15) is 0 Å². The molecule has 1 atom stereocenters. The monoisotopic (exact) mass is 278 g/mol. The van der Waals surface area contributed by atoms with Crippen LogP contribution in [0.15, 0.2) is 12.1 Å². The maximum absolute atomic E-state index is 6.03. The molecule has 1 heterocycles. The highest BCUT2D eigenvalue weighted by Crippen LogP contribution is 2.44. The molecule has 1 saturated carbocycles. The molecule has 110 valence electrons. The lowest BCUT2D eigenvalue weighted by atomic mass is 10.0. The predicted octanol–water partition coefficient (Wildman–Crippen LogP) is 1.91. The van der Waals surface area contributed by atoms with Gasteiger partial charge in [0.2, 0.25) is 12.5 Å². The van der Waals surface area contributed by atoms with Gasteiger partial charge in [-0.3, -0.25) is 4.90 Å². The molecule has 5 nitrogen and oxygen atoms in total. The summed E-state index contributed by atoms with van der Waals surface area (Å²) < 4.78 is 16.4. The summed E-state index contributed by atoms with van der Waals surface area (Å²) in [6.07, 6.45) is 2.54. The first-order valence-corrected chi connectivity index (χ1v) is 7.21. The molecule has 5 heteroatoms. The number of ether oxygens (including phenoxy) is 3. The fourth-order valence-electron chi connectivity index (χ4n) is 2.94. The van der Waals surface area contributed by atoms with Crippen molar-refractivity contribution in [3.63, 3.8) is 0 Å². The molecule has 1 aromatic carbocycles. The van der Waals surface area contributed by atoms with Crippen molar-refractivity contribution >= 4 is 0 Å². The average molecular weight is 278 g/mol. The molecule has 0 bridgehead atoms. The van der Waals surface area contributed by atoms with Crippen molar-refractivity contribution in [3.8, 4) is 17.2 Å². The van der Waals surface area contributed by atoms with Crippen LogP contribution in [-0.2, 0) is 0 Å². The van der Waals surface area contributed by atoms with Crippen molar-refractivity contribution in [1.82, 2.24) is 4.90 Å². The normalized spacial score (nSPS) is 18.4. The van der Waals surface area contributed by atoms with Gasteiger partial charge in [-0.15, -0.1) is 0 Å². The summed E-state index contributed by atoms with van der Waals surface area (Å²) in [5.74, 6) is 2.17. The van der Waals surface area contributed by atoms with Crippen LogP contribution < -0.4 is 19.9 Å². The fourth-order valence-corrected chi connectivity index (χ4v) is 2.94. The smallest absolute Gasteiger partial charge is 0.231 e. The minimum Gasteiger partial charge on any atom is -0.493 e. The highest BCUT2D eigenvalue weighted by atomic mass is 16.7. The predicted molar refractivity (Wildman–Crippen MR) is 76.3 cm³/mol. The average Bonchev–Trinajstić information content (AvgIpc) is 3.20. The van der Waals surface area contributed by atoms with Gasteiger partial charge in [0.05, 0.1) is 7.11 Å². The fraction of sp³-hybridized carbons (Fsp3) is 0.600. The Morgan fingerprint density at radius 3 is 2.80 bits per heavy atom. The molecular weight excluding hydrogens is 256 g/mol. The van der Waals surface area contributed by atoms with Gasteiger partial charge >= 0.3 is 0 Å². The number of rotatable bonds is 6. The number of hydrogen-bond donors (Lipinski definition) is 1. The Morgan fingerprint density at radius 1 is 1.40 bits per heavy atom. The number of nitrogens with two attached hydrogens (primary N) is 1. The van der Waals surface area contributed by atoms with E-state index in [1.165, 1.54) is 12.8 Å². The molecule has 0 radical (unpaired) electrons. The summed E-state index contributed by atoms with van der Waals surface area (Å²) in [4.78, 5) is 2.47. The molecule has 2 N–H and O–H groups in total. The van der Waals surface area contributed by atoms with Crippen LogP contribution in [0.4, 0.5) is 0 Å².